The minimum absolute atomic E-state index is 0.0204. The number of phenols is 1. The van der Waals surface area contributed by atoms with Crippen LogP contribution in [0.3, 0.4) is 0 Å². The highest BCUT2D eigenvalue weighted by Gasteiger charge is 2.59. The molecule has 3 heterocycles. The number of piperazine rings is 1. The van der Waals surface area contributed by atoms with Gasteiger partial charge in [0.1, 0.15) is 18.4 Å². The first-order valence-corrected chi connectivity index (χ1v) is 16.8. The first-order valence-electron chi connectivity index (χ1n) is 16.8. The van der Waals surface area contributed by atoms with Gasteiger partial charge in [0.25, 0.3) is 0 Å². The molecule has 49 heavy (non-hydrogen) atoms. The van der Waals surface area contributed by atoms with Crippen molar-refractivity contribution in [1.29, 1.82) is 5.26 Å². The maximum Gasteiger partial charge on any atom is 0.333 e. The summed E-state index contributed by atoms with van der Waals surface area (Å²) in [6.45, 7) is 8.37. The van der Waals surface area contributed by atoms with E-state index in [1.807, 2.05) is 23.8 Å². The van der Waals surface area contributed by atoms with Crippen LogP contribution in [0.4, 0.5) is 0 Å². The van der Waals surface area contributed by atoms with Gasteiger partial charge in [-0.2, -0.15) is 5.26 Å². The molecule has 1 N–H and O–H groups in total. The summed E-state index contributed by atoms with van der Waals surface area (Å²) in [5, 5.41) is 22.6. The maximum absolute atomic E-state index is 14.1. The van der Waals surface area contributed by atoms with Gasteiger partial charge in [-0.3, -0.25) is 24.2 Å². The van der Waals surface area contributed by atoms with Gasteiger partial charge in [0.2, 0.25) is 5.78 Å². The Labute approximate surface area is 286 Å². The number of carbonyl (C=O) groups is 4. The number of ether oxygens (including phenoxy) is 4. The lowest BCUT2D eigenvalue weighted by Crippen LogP contribution is -2.72. The Bertz CT molecular complexity index is 1730. The van der Waals surface area contributed by atoms with E-state index in [0.29, 0.717) is 39.8 Å². The quantitative estimate of drug-likeness (QED) is 0.123. The van der Waals surface area contributed by atoms with Crippen LogP contribution in [0.5, 0.6) is 17.2 Å². The molecule has 0 spiro atoms. The third-order valence-electron chi connectivity index (χ3n) is 10.6. The van der Waals surface area contributed by atoms with Crippen molar-refractivity contribution in [3.63, 3.8) is 0 Å². The molecule has 12 heteroatoms. The number of carbonyl (C=O) groups excluding carboxylic acids is 4. The van der Waals surface area contributed by atoms with E-state index in [0.717, 1.165) is 12.8 Å². The molecule has 0 amide bonds. The molecule has 1 aliphatic carbocycles. The minimum Gasteiger partial charge on any atom is -0.504 e. The molecule has 262 valence electrons. The van der Waals surface area contributed by atoms with Crippen molar-refractivity contribution in [2.75, 3.05) is 27.9 Å². The number of nitriles is 1. The molecular weight excluding hydrogens is 630 g/mol. The summed E-state index contributed by atoms with van der Waals surface area (Å²) in [5.74, 6) is -1.62. The third-order valence-corrected chi connectivity index (χ3v) is 10.6. The number of unbranched alkanes of at least 4 members (excludes halogenated alkanes) is 2. The zero-order chi connectivity index (χ0) is 35.9. The number of phenolic OH excluding ortho intramolecular Hbond substituents is 1. The number of likely N-dealkylation sites (N-methyl/N-ethyl adjacent to an activating group) is 1. The molecule has 3 aliphatic heterocycles. The van der Waals surface area contributed by atoms with Gasteiger partial charge >= 0.3 is 11.9 Å². The van der Waals surface area contributed by atoms with E-state index in [1.165, 1.54) is 14.2 Å². The van der Waals surface area contributed by atoms with Crippen LogP contribution in [0.1, 0.15) is 82.5 Å². The fraction of sp³-hybridized carbons (Fsp3) is 0.541. The van der Waals surface area contributed by atoms with Crippen molar-refractivity contribution in [3.05, 3.63) is 50.8 Å². The number of hydrogen-bond acceptors (Lipinski definition) is 12. The zero-order valence-corrected chi connectivity index (χ0v) is 29.5. The molecule has 2 bridgehead atoms. The SMILES string of the molecule is C/C=C(/C)C(=O)OC[C@H]1c2c(O)c(OC)c(C)c(OC(=O)CCCCC)c2C[C@H]2[C@H]3C4=C(C[C@H]([C@H](C#N)N12)N3C)C(=O)C(C)=C(OC)C4=O. The van der Waals surface area contributed by atoms with E-state index in [-0.39, 0.29) is 60.2 Å². The lowest BCUT2D eigenvalue weighted by molar-refractivity contribution is -0.144. The number of hydrogen-bond donors (Lipinski definition) is 1. The van der Waals surface area contributed by atoms with Crippen LogP contribution in [0.15, 0.2) is 34.1 Å². The van der Waals surface area contributed by atoms with Gasteiger partial charge < -0.3 is 24.1 Å². The Balaban J connectivity index is 1.75. The lowest BCUT2D eigenvalue weighted by Gasteiger charge is -2.60. The van der Waals surface area contributed by atoms with Gasteiger partial charge in [0.15, 0.2) is 23.0 Å². The molecule has 0 saturated carbocycles. The average molecular weight is 676 g/mol. The first-order chi connectivity index (χ1) is 23.4. The molecule has 12 nitrogen and oxygen atoms in total. The maximum atomic E-state index is 14.1. The highest BCUT2D eigenvalue weighted by molar-refractivity contribution is 6.25. The van der Waals surface area contributed by atoms with Gasteiger partial charge in [-0.15, -0.1) is 0 Å². The summed E-state index contributed by atoms with van der Waals surface area (Å²) in [6.07, 6.45) is 4.51. The second-order valence-corrected chi connectivity index (χ2v) is 13.1. The van der Waals surface area contributed by atoms with Crippen LogP contribution < -0.4 is 9.47 Å². The van der Waals surface area contributed by atoms with E-state index in [1.54, 1.807) is 33.8 Å². The largest absolute Gasteiger partial charge is 0.504 e. The molecule has 0 unspecified atom stereocenters. The van der Waals surface area contributed by atoms with Crippen LogP contribution in [-0.2, 0) is 35.1 Å². The van der Waals surface area contributed by atoms with E-state index in [2.05, 4.69) is 6.07 Å². The molecule has 1 fully saturated rings. The first kappa shape index (κ1) is 35.8. The summed E-state index contributed by atoms with van der Waals surface area (Å²) in [4.78, 5) is 57.9. The second-order valence-electron chi connectivity index (χ2n) is 13.1. The topological polar surface area (TPSA) is 156 Å². The Hall–Kier alpha value is -4.47. The number of esters is 2. The number of benzene rings is 1. The Morgan fingerprint density at radius 3 is 2.39 bits per heavy atom. The van der Waals surface area contributed by atoms with Crippen molar-refractivity contribution in [2.45, 2.75) is 103 Å². The highest BCUT2D eigenvalue weighted by Crippen LogP contribution is 2.55. The van der Waals surface area contributed by atoms with Gasteiger partial charge in [-0.25, -0.2) is 4.79 Å². The standard InChI is InChI=1S/C37H45N3O9/c1-9-11-12-13-27(41)49-34-20(5)36(47-8)32(43)28-22(34)15-24-30-29-21(31(42)19(4)35(46-7)33(29)44)14-23(39(30)6)25(16-38)40(24)26(28)17-48-37(45)18(3)10-2/h10,23-26,30,43H,9,11-15,17H2,1-8H3/b18-10-/t23-,24+,25+,26+,30+/m1/s1. The predicted octanol–water partition coefficient (Wildman–Crippen LogP) is 4.32. The number of methoxy groups -OCH3 is 2. The summed E-state index contributed by atoms with van der Waals surface area (Å²) in [6, 6.07) is -1.16. The van der Waals surface area contributed by atoms with Gasteiger partial charge in [-0.05, 0) is 54.0 Å². The van der Waals surface area contributed by atoms with Crippen molar-refractivity contribution in [3.8, 4) is 23.3 Å². The number of ketones is 2. The summed E-state index contributed by atoms with van der Waals surface area (Å²) in [5.41, 5.74) is 2.47. The highest BCUT2D eigenvalue weighted by atomic mass is 16.5. The van der Waals surface area contributed by atoms with Crippen LogP contribution in [-0.4, -0.2) is 90.5 Å². The van der Waals surface area contributed by atoms with Gasteiger partial charge in [0.05, 0.1) is 32.4 Å². The molecule has 1 aromatic rings. The number of Topliss-reactive ketones (excluding diaryl/α,β-unsaturated/α-hetero) is 2. The van der Waals surface area contributed by atoms with E-state index in [9.17, 15) is 29.5 Å². The Morgan fingerprint density at radius 1 is 1.06 bits per heavy atom. The molecule has 1 aromatic carbocycles. The molecule has 5 rings (SSSR count). The van der Waals surface area contributed by atoms with E-state index >= 15 is 0 Å². The fourth-order valence-corrected chi connectivity index (χ4v) is 8.01. The number of aromatic hydroxyl groups is 1. The minimum atomic E-state index is -0.909. The number of allylic oxidation sites excluding steroid dienone is 3. The van der Waals surface area contributed by atoms with Crippen LogP contribution in [0.2, 0.25) is 0 Å². The van der Waals surface area contributed by atoms with Crippen molar-refractivity contribution >= 4 is 23.5 Å². The van der Waals surface area contributed by atoms with Crippen LogP contribution >= 0.6 is 0 Å². The third kappa shape index (κ3) is 5.82. The predicted molar refractivity (Wildman–Crippen MR) is 178 cm³/mol. The Morgan fingerprint density at radius 2 is 1.78 bits per heavy atom. The van der Waals surface area contributed by atoms with E-state index in [4.69, 9.17) is 18.9 Å². The number of rotatable bonds is 10. The molecule has 1 saturated heterocycles. The zero-order valence-electron chi connectivity index (χ0n) is 29.5. The smallest absolute Gasteiger partial charge is 0.333 e. The lowest BCUT2D eigenvalue weighted by atomic mass is 9.69. The molecular formula is C37H45N3O9. The fourth-order valence-electron chi connectivity index (χ4n) is 8.01. The summed E-state index contributed by atoms with van der Waals surface area (Å²) < 4.78 is 23.0. The molecule has 5 atom stereocenters. The summed E-state index contributed by atoms with van der Waals surface area (Å²) >= 11 is 0. The average Bonchev–Trinajstić information content (AvgIpc) is 3.08. The van der Waals surface area contributed by atoms with Crippen molar-refractivity contribution in [2.24, 2.45) is 0 Å². The monoisotopic (exact) mass is 675 g/mol. The number of nitrogens with zero attached hydrogens (tertiary/aromatic N) is 3. The molecule has 0 aromatic heterocycles. The Kier molecular flexibility index (Phi) is 10.4. The van der Waals surface area contributed by atoms with Crippen molar-refractivity contribution in [1.82, 2.24) is 9.80 Å². The second kappa shape index (κ2) is 14.2. The molecule has 4 aliphatic rings. The van der Waals surface area contributed by atoms with Crippen LogP contribution in [0.25, 0.3) is 0 Å². The van der Waals surface area contributed by atoms with Crippen molar-refractivity contribution < 1.29 is 43.2 Å². The van der Waals surface area contributed by atoms with Gasteiger partial charge in [0, 0.05) is 57.5 Å². The van der Waals surface area contributed by atoms with Gasteiger partial charge in [-0.1, -0.05) is 25.8 Å². The number of fused-ring (bicyclic) bond motifs is 6. The van der Waals surface area contributed by atoms with E-state index < -0.39 is 47.9 Å². The van der Waals surface area contributed by atoms with Crippen LogP contribution in [0, 0.1) is 18.3 Å². The molecule has 0 radical (unpaired) electrons. The normalized spacial score (nSPS) is 25.3. The summed E-state index contributed by atoms with van der Waals surface area (Å²) in [7, 11) is 4.59.